The number of carbonyl (C=O) groups is 1. The molecule has 0 bridgehead atoms. The number of nitrogens with zero attached hydrogens (tertiary/aromatic N) is 3. The molecule has 2 aliphatic rings. The number of amides is 1. The molecule has 0 unspecified atom stereocenters. The van der Waals surface area contributed by atoms with Crippen molar-refractivity contribution >= 4 is 29.7 Å². The maximum atomic E-state index is 13.3. The lowest BCUT2D eigenvalue weighted by Gasteiger charge is -2.36. The number of rotatable bonds is 2. The number of nitro benzene ring substituents is 1. The van der Waals surface area contributed by atoms with Crippen LogP contribution in [-0.2, 0) is 0 Å². The summed E-state index contributed by atoms with van der Waals surface area (Å²) < 4.78 is 0. The smallest absolute Gasteiger partial charge is 0.269 e. The molecule has 2 aromatic carbocycles. The van der Waals surface area contributed by atoms with Crippen molar-refractivity contribution in [3.8, 4) is 0 Å². The van der Waals surface area contributed by atoms with Crippen LogP contribution in [-0.4, -0.2) is 41.9 Å². The van der Waals surface area contributed by atoms with Crippen molar-refractivity contribution in [1.82, 2.24) is 4.90 Å². The maximum Gasteiger partial charge on any atom is 0.269 e. The average Bonchev–Trinajstić information content (AvgIpc) is 2.94. The number of piperidine rings is 1. The number of non-ortho nitro benzene ring substituents is 1. The van der Waals surface area contributed by atoms with Crippen LogP contribution in [0.3, 0.4) is 0 Å². The van der Waals surface area contributed by atoms with Crippen molar-refractivity contribution in [1.29, 1.82) is 0 Å². The summed E-state index contributed by atoms with van der Waals surface area (Å²) in [6.07, 6.45) is 0.924. The summed E-state index contributed by atoms with van der Waals surface area (Å²) >= 11 is 0. The van der Waals surface area contributed by atoms with Gasteiger partial charge in [0.25, 0.3) is 11.6 Å². The Morgan fingerprint density at radius 1 is 1.19 bits per heavy atom. The van der Waals surface area contributed by atoms with E-state index in [4.69, 9.17) is 0 Å². The summed E-state index contributed by atoms with van der Waals surface area (Å²) in [5, 5.41) is 10.9. The van der Waals surface area contributed by atoms with Crippen LogP contribution in [0.2, 0.25) is 0 Å². The molecule has 142 valence electrons. The van der Waals surface area contributed by atoms with E-state index in [1.165, 1.54) is 23.3 Å². The van der Waals surface area contributed by atoms with Gasteiger partial charge in [-0.1, -0.05) is 17.7 Å². The molecule has 0 aliphatic carbocycles. The van der Waals surface area contributed by atoms with E-state index >= 15 is 0 Å². The minimum Gasteiger partial charge on any atom is -0.306 e. The standard InChI is InChI=1S/C20H21N3O3.ClH/c1-13-3-8-18-16(11-13)17-12-21(2)10-9-19(17)22(18)20(24)14-4-6-15(7-5-14)23(25)26;/h3-8,11,17,19H,9-10,12H2,1-2H3;1H/t17-,19-;/m0./s1. The molecule has 2 heterocycles. The summed E-state index contributed by atoms with van der Waals surface area (Å²) in [5.41, 5.74) is 3.89. The second-order valence-corrected chi connectivity index (χ2v) is 7.27. The van der Waals surface area contributed by atoms with Gasteiger partial charge in [-0.15, -0.1) is 12.4 Å². The summed E-state index contributed by atoms with van der Waals surface area (Å²) in [5.74, 6) is 0.229. The Bertz CT molecular complexity index is 885. The second kappa shape index (κ2) is 7.29. The fourth-order valence-electron chi connectivity index (χ4n) is 4.21. The quantitative estimate of drug-likeness (QED) is 0.581. The van der Waals surface area contributed by atoms with Crippen molar-refractivity contribution in [3.63, 3.8) is 0 Å². The molecule has 4 rings (SSSR count). The normalized spacial score (nSPS) is 21.2. The number of hydrogen-bond donors (Lipinski definition) is 0. The first-order valence-corrected chi connectivity index (χ1v) is 8.83. The van der Waals surface area contributed by atoms with Gasteiger partial charge in [0.15, 0.2) is 0 Å². The molecule has 2 atom stereocenters. The SMILES string of the molecule is Cc1ccc2c(c1)[C@@H]1CN(C)CC[C@@H]1N2C(=O)c1ccc([N+](=O)[O-])cc1.Cl. The van der Waals surface area contributed by atoms with Gasteiger partial charge in [0.05, 0.1) is 4.92 Å². The Morgan fingerprint density at radius 3 is 2.56 bits per heavy atom. The number of benzene rings is 2. The monoisotopic (exact) mass is 387 g/mol. The van der Waals surface area contributed by atoms with Gasteiger partial charge < -0.3 is 9.80 Å². The van der Waals surface area contributed by atoms with Crippen LogP contribution in [0.1, 0.15) is 33.8 Å². The number of carbonyl (C=O) groups excluding carboxylic acids is 1. The fraction of sp³-hybridized carbons (Fsp3) is 0.350. The molecule has 0 aromatic heterocycles. The molecule has 1 fully saturated rings. The van der Waals surface area contributed by atoms with E-state index in [9.17, 15) is 14.9 Å². The second-order valence-electron chi connectivity index (χ2n) is 7.27. The molecule has 0 spiro atoms. The highest BCUT2D eigenvalue weighted by Gasteiger charge is 2.44. The van der Waals surface area contributed by atoms with Crippen molar-refractivity contribution in [2.75, 3.05) is 25.0 Å². The van der Waals surface area contributed by atoms with Crippen LogP contribution >= 0.6 is 12.4 Å². The van der Waals surface area contributed by atoms with Crippen LogP contribution in [0.15, 0.2) is 42.5 Å². The minimum absolute atomic E-state index is 0. The van der Waals surface area contributed by atoms with Crippen molar-refractivity contribution in [2.45, 2.75) is 25.3 Å². The minimum atomic E-state index is -0.449. The Morgan fingerprint density at radius 2 is 1.89 bits per heavy atom. The van der Waals surface area contributed by atoms with Gasteiger partial charge >= 0.3 is 0 Å². The van der Waals surface area contributed by atoms with Crippen LogP contribution < -0.4 is 4.90 Å². The van der Waals surface area contributed by atoms with Crippen molar-refractivity contribution in [2.24, 2.45) is 0 Å². The first-order valence-electron chi connectivity index (χ1n) is 8.83. The largest absolute Gasteiger partial charge is 0.306 e. The Kier molecular flexibility index (Phi) is 5.22. The van der Waals surface area contributed by atoms with Gasteiger partial charge in [0, 0.05) is 41.9 Å². The summed E-state index contributed by atoms with van der Waals surface area (Å²) in [4.78, 5) is 27.9. The molecule has 0 radical (unpaired) electrons. The molecule has 2 aromatic rings. The van der Waals surface area contributed by atoms with E-state index in [1.807, 2.05) is 17.0 Å². The molecule has 1 amide bonds. The third-order valence-electron chi connectivity index (χ3n) is 5.50. The average molecular weight is 388 g/mol. The van der Waals surface area contributed by atoms with Gasteiger partial charge in [0.1, 0.15) is 0 Å². The van der Waals surface area contributed by atoms with Crippen LogP contribution in [0.4, 0.5) is 11.4 Å². The highest BCUT2D eigenvalue weighted by Crippen LogP contribution is 2.45. The zero-order valence-corrected chi connectivity index (χ0v) is 16.1. The summed E-state index contributed by atoms with van der Waals surface area (Å²) in [7, 11) is 2.12. The number of halogens is 1. The molecular formula is C20H22ClN3O3. The van der Waals surface area contributed by atoms with Crippen LogP contribution in [0, 0.1) is 17.0 Å². The fourth-order valence-corrected chi connectivity index (χ4v) is 4.21. The van der Waals surface area contributed by atoms with E-state index in [-0.39, 0.29) is 30.0 Å². The zero-order chi connectivity index (χ0) is 18.4. The van der Waals surface area contributed by atoms with Gasteiger partial charge in [-0.3, -0.25) is 14.9 Å². The van der Waals surface area contributed by atoms with Crippen molar-refractivity contribution in [3.05, 3.63) is 69.3 Å². The predicted octanol–water partition coefficient (Wildman–Crippen LogP) is 3.77. The van der Waals surface area contributed by atoms with Gasteiger partial charge in [-0.25, -0.2) is 0 Å². The topological polar surface area (TPSA) is 66.7 Å². The van der Waals surface area contributed by atoms with E-state index in [0.29, 0.717) is 11.5 Å². The summed E-state index contributed by atoms with van der Waals surface area (Å²) in [6.45, 7) is 3.96. The lowest BCUT2D eigenvalue weighted by atomic mass is 9.88. The molecule has 2 aliphatic heterocycles. The number of likely N-dealkylation sites (tertiary alicyclic amines) is 1. The van der Waals surface area contributed by atoms with Gasteiger partial charge in [0.2, 0.25) is 0 Å². The number of hydrogen-bond acceptors (Lipinski definition) is 4. The molecule has 0 saturated carbocycles. The number of aryl methyl sites for hydroxylation is 1. The lowest BCUT2D eigenvalue weighted by molar-refractivity contribution is -0.384. The van der Waals surface area contributed by atoms with E-state index in [1.54, 1.807) is 12.1 Å². The molecule has 6 nitrogen and oxygen atoms in total. The first-order chi connectivity index (χ1) is 12.5. The molecular weight excluding hydrogens is 366 g/mol. The van der Waals surface area contributed by atoms with E-state index < -0.39 is 4.92 Å². The predicted molar refractivity (Wildman–Crippen MR) is 107 cm³/mol. The van der Waals surface area contributed by atoms with E-state index in [2.05, 4.69) is 24.9 Å². The third kappa shape index (κ3) is 3.31. The van der Waals surface area contributed by atoms with Crippen LogP contribution in [0.25, 0.3) is 0 Å². The number of likely N-dealkylation sites (N-methyl/N-ethyl adjacent to an activating group) is 1. The van der Waals surface area contributed by atoms with Gasteiger partial charge in [-0.05, 0) is 50.7 Å². The molecule has 27 heavy (non-hydrogen) atoms. The Balaban J connectivity index is 0.00000210. The molecule has 0 N–H and O–H groups in total. The van der Waals surface area contributed by atoms with Gasteiger partial charge in [-0.2, -0.15) is 0 Å². The van der Waals surface area contributed by atoms with Crippen molar-refractivity contribution < 1.29 is 9.72 Å². The Labute approximate surface area is 164 Å². The highest BCUT2D eigenvalue weighted by molar-refractivity contribution is 6.08. The number of anilines is 1. The molecule has 1 saturated heterocycles. The van der Waals surface area contributed by atoms with E-state index in [0.717, 1.165) is 25.2 Å². The lowest BCUT2D eigenvalue weighted by Crippen LogP contribution is -2.47. The zero-order valence-electron chi connectivity index (χ0n) is 15.3. The highest BCUT2D eigenvalue weighted by atomic mass is 35.5. The number of fused-ring (bicyclic) bond motifs is 3. The third-order valence-corrected chi connectivity index (χ3v) is 5.50. The molecule has 7 heteroatoms. The summed E-state index contributed by atoms with van der Waals surface area (Å²) in [6, 6.07) is 12.3. The van der Waals surface area contributed by atoms with Crippen LogP contribution in [0.5, 0.6) is 0 Å². The Hall–Kier alpha value is -2.44. The first kappa shape index (κ1) is 19.3. The maximum absolute atomic E-state index is 13.3. The number of nitro groups is 1.